The molecule has 0 bridgehead atoms. The van der Waals surface area contributed by atoms with Crippen LogP contribution in [0.2, 0.25) is 0 Å². The number of imidazole rings is 1. The first-order valence-electron chi connectivity index (χ1n) is 10.0. The number of nitrogens with zero attached hydrogens (tertiary/aromatic N) is 4. The van der Waals surface area contributed by atoms with Gasteiger partial charge in [0.15, 0.2) is 11.3 Å². The van der Waals surface area contributed by atoms with E-state index >= 15 is 0 Å². The zero-order chi connectivity index (χ0) is 20.7. The maximum atomic E-state index is 5.31. The fourth-order valence-corrected chi connectivity index (χ4v) is 3.64. The zero-order valence-electron chi connectivity index (χ0n) is 17.2. The van der Waals surface area contributed by atoms with Gasteiger partial charge in [0.1, 0.15) is 11.6 Å². The lowest BCUT2D eigenvalue weighted by molar-refractivity contribution is 0.415. The van der Waals surface area contributed by atoms with Crippen LogP contribution in [0.3, 0.4) is 0 Å². The summed E-state index contributed by atoms with van der Waals surface area (Å²) in [4.78, 5) is 14.5. The summed E-state index contributed by atoms with van der Waals surface area (Å²) in [6.07, 6.45) is 0. The lowest BCUT2D eigenvalue weighted by Gasteiger charge is -2.11. The van der Waals surface area contributed by atoms with Gasteiger partial charge in [-0.05, 0) is 60.0 Å². The number of benzene rings is 3. The average Bonchev–Trinajstić information content (AvgIpc) is 3.15. The van der Waals surface area contributed by atoms with E-state index < -0.39 is 0 Å². The third-order valence-electron chi connectivity index (χ3n) is 5.34. The van der Waals surface area contributed by atoms with E-state index in [9.17, 15) is 0 Å². The Labute approximate surface area is 175 Å². The number of methoxy groups -OCH3 is 1. The minimum Gasteiger partial charge on any atom is -0.497 e. The molecule has 0 fully saturated rings. The van der Waals surface area contributed by atoms with E-state index in [1.807, 2.05) is 48.5 Å². The largest absolute Gasteiger partial charge is 0.497 e. The smallest absolute Gasteiger partial charge is 0.199 e. The molecule has 0 aliphatic rings. The number of ether oxygens (including phenoxy) is 1. The van der Waals surface area contributed by atoms with Crippen LogP contribution in [-0.2, 0) is 0 Å². The van der Waals surface area contributed by atoms with Crippen molar-refractivity contribution in [1.29, 1.82) is 0 Å². The van der Waals surface area contributed by atoms with E-state index in [2.05, 4.69) is 42.7 Å². The van der Waals surface area contributed by atoms with Gasteiger partial charge in [0, 0.05) is 11.3 Å². The second kappa shape index (κ2) is 7.26. The Kier molecular flexibility index (Phi) is 4.43. The molecule has 2 heterocycles. The highest BCUT2D eigenvalue weighted by atomic mass is 16.5. The SMILES string of the molecule is COc1ccc(-c2nc3nc4ccccc4nc3n2-c2ccc(C(C)C)cc2)cc1. The molecule has 0 N–H and O–H groups in total. The van der Waals surface area contributed by atoms with Gasteiger partial charge < -0.3 is 4.74 Å². The molecule has 0 saturated heterocycles. The summed E-state index contributed by atoms with van der Waals surface area (Å²) < 4.78 is 7.40. The monoisotopic (exact) mass is 394 g/mol. The predicted molar refractivity (Wildman–Crippen MR) is 120 cm³/mol. The maximum Gasteiger partial charge on any atom is 0.199 e. The number of rotatable bonds is 4. The first-order valence-corrected chi connectivity index (χ1v) is 10.0. The lowest BCUT2D eigenvalue weighted by atomic mass is 10.0. The summed E-state index contributed by atoms with van der Waals surface area (Å²) in [5.41, 5.74) is 6.36. The lowest BCUT2D eigenvalue weighted by Crippen LogP contribution is -2.00. The first kappa shape index (κ1) is 18.3. The topological polar surface area (TPSA) is 52.8 Å². The highest BCUT2D eigenvalue weighted by molar-refractivity contribution is 5.86. The molecule has 0 amide bonds. The van der Waals surface area contributed by atoms with Crippen molar-refractivity contribution >= 4 is 22.3 Å². The number of hydrogen-bond donors (Lipinski definition) is 0. The van der Waals surface area contributed by atoms with Crippen LogP contribution in [0.4, 0.5) is 0 Å². The van der Waals surface area contributed by atoms with Gasteiger partial charge in [0.2, 0.25) is 0 Å². The van der Waals surface area contributed by atoms with Crippen LogP contribution in [-0.4, -0.2) is 26.6 Å². The van der Waals surface area contributed by atoms with Crippen LogP contribution < -0.4 is 4.74 Å². The van der Waals surface area contributed by atoms with Crippen LogP contribution in [0, 0.1) is 0 Å². The number of fused-ring (bicyclic) bond motifs is 2. The maximum absolute atomic E-state index is 5.31. The van der Waals surface area contributed by atoms with Crippen molar-refractivity contribution in [3.63, 3.8) is 0 Å². The minimum absolute atomic E-state index is 0.475. The van der Waals surface area contributed by atoms with Gasteiger partial charge in [-0.15, -0.1) is 0 Å². The highest BCUT2D eigenvalue weighted by Crippen LogP contribution is 2.30. The van der Waals surface area contributed by atoms with Crippen LogP contribution in [0.15, 0.2) is 72.8 Å². The van der Waals surface area contributed by atoms with Crippen molar-refractivity contribution in [2.45, 2.75) is 19.8 Å². The average molecular weight is 394 g/mol. The molecule has 5 heteroatoms. The summed E-state index contributed by atoms with van der Waals surface area (Å²) in [5.74, 6) is 2.09. The van der Waals surface area contributed by atoms with Crippen LogP contribution in [0.25, 0.3) is 39.4 Å². The Bertz CT molecular complexity index is 1340. The number of para-hydroxylation sites is 2. The Morgan fingerprint density at radius 2 is 1.43 bits per heavy atom. The quantitative estimate of drug-likeness (QED) is 0.388. The van der Waals surface area contributed by atoms with E-state index in [4.69, 9.17) is 19.7 Å². The highest BCUT2D eigenvalue weighted by Gasteiger charge is 2.18. The van der Waals surface area contributed by atoms with Gasteiger partial charge in [-0.25, -0.2) is 15.0 Å². The standard InChI is InChI=1S/C25H22N4O/c1-16(2)17-8-12-19(13-9-17)29-24(18-10-14-20(30-3)15-11-18)28-23-25(29)27-22-7-5-4-6-21(22)26-23/h4-16H,1-3H3. The Hall–Kier alpha value is -3.73. The van der Waals surface area contributed by atoms with Crippen LogP contribution in [0.5, 0.6) is 5.75 Å². The second-order valence-electron chi connectivity index (χ2n) is 7.61. The Morgan fingerprint density at radius 1 is 0.767 bits per heavy atom. The van der Waals surface area contributed by atoms with Crippen molar-refractivity contribution < 1.29 is 4.74 Å². The van der Waals surface area contributed by atoms with Gasteiger partial charge in [0.25, 0.3) is 0 Å². The third-order valence-corrected chi connectivity index (χ3v) is 5.34. The van der Waals surface area contributed by atoms with Crippen LogP contribution >= 0.6 is 0 Å². The van der Waals surface area contributed by atoms with Gasteiger partial charge in [-0.1, -0.05) is 38.1 Å². The van der Waals surface area contributed by atoms with E-state index in [0.29, 0.717) is 11.6 Å². The van der Waals surface area contributed by atoms with E-state index in [1.165, 1.54) is 5.56 Å². The van der Waals surface area contributed by atoms with Crippen molar-refractivity contribution in [3.05, 3.63) is 78.4 Å². The van der Waals surface area contributed by atoms with Crippen molar-refractivity contribution in [3.8, 4) is 22.8 Å². The third kappa shape index (κ3) is 3.08. The molecule has 0 radical (unpaired) electrons. The van der Waals surface area contributed by atoms with Crippen molar-refractivity contribution in [1.82, 2.24) is 19.5 Å². The number of hydrogen-bond acceptors (Lipinski definition) is 4. The zero-order valence-corrected chi connectivity index (χ0v) is 17.2. The number of aromatic nitrogens is 4. The first-order chi connectivity index (χ1) is 14.6. The molecule has 0 atom stereocenters. The minimum atomic E-state index is 0.475. The molecular formula is C25H22N4O. The van der Waals surface area contributed by atoms with E-state index in [-0.39, 0.29) is 0 Å². The Morgan fingerprint density at radius 3 is 2.07 bits per heavy atom. The molecule has 5 rings (SSSR count). The molecule has 0 unspecified atom stereocenters. The fourth-order valence-electron chi connectivity index (χ4n) is 3.64. The molecule has 5 nitrogen and oxygen atoms in total. The normalized spacial score (nSPS) is 11.5. The summed E-state index contributed by atoms with van der Waals surface area (Å²) in [6.45, 7) is 4.39. The predicted octanol–water partition coefficient (Wildman–Crippen LogP) is 5.77. The molecule has 30 heavy (non-hydrogen) atoms. The van der Waals surface area contributed by atoms with Crippen LogP contribution in [0.1, 0.15) is 25.3 Å². The molecule has 5 aromatic rings. The molecule has 3 aromatic carbocycles. The fraction of sp³-hybridized carbons (Fsp3) is 0.160. The molecule has 148 valence electrons. The van der Waals surface area contributed by atoms with Crippen molar-refractivity contribution in [2.75, 3.05) is 7.11 Å². The molecule has 0 aliphatic carbocycles. The summed E-state index contributed by atoms with van der Waals surface area (Å²) in [7, 11) is 1.67. The molecular weight excluding hydrogens is 372 g/mol. The summed E-state index contributed by atoms with van der Waals surface area (Å²) in [5, 5.41) is 0. The molecule has 0 aliphatic heterocycles. The Balaban J connectivity index is 1.78. The van der Waals surface area contributed by atoms with Crippen molar-refractivity contribution in [2.24, 2.45) is 0 Å². The van der Waals surface area contributed by atoms with Gasteiger partial charge in [-0.3, -0.25) is 4.57 Å². The summed E-state index contributed by atoms with van der Waals surface area (Å²) >= 11 is 0. The molecule has 2 aromatic heterocycles. The van der Waals surface area contributed by atoms with Gasteiger partial charge in [-0.2, -0.15) is 0 Å². The van der Waals surface area contributed by atoms with E-state index in [1.54, 1.807) is 7.11 Å². The van der Waals surface area contributed by atoms with E-state index in [0.717, 1.165) is 39.5 Å². The second-order valence-corrected chi connectivity index (χ2v) is 7.61. The summed E-state index contributed by atoms with van der Waals surface area (Å²) in [6, 6.07) is 24.4. The van der Waals surface area contributed by atoms with Gasteiger partial charge >= 0.3 is 0 Å². The van der Waals surface area contributed by atoms with Gasteiger partial charge in [0.05, 0.1) is 18.1 Å². The molecule has 0 saturated carbocycles. The molecule has 0 spiro atoms.